The number of aliphatic hydroxyl groups is 1. The third kappa shape index (κ3) is 3.80. The van der Waals surface area contributed by atoms with E-state index in [-0.39, 0.29) is 12.0 Å². The van der Waals surface area contributed by atoms with Crippen molar-refractivity contribution in [3.63, 3.8) is 0 Å². The SMILES string of the molecule is O=C(NC1C2CC3CC(C2)CC1C3)c1ccc(OCC2CCC(O)CC2)cc1. The molecule has 152 valence electrons. The summed E-state index contributed by atoms with van der Waals surface area (Å²) in [6.07, 6.45) is 10.5. The van der Waals surface area contributed by atoms with E-state index >= 15 is 0 Å². The normalized spacial score (nSPS) is 39.0. The van der Waals surface area contributed by atoms with Crippen molar-refractivity contribution in [1.82, 2.24) is 5.32 Å². The van der Waals surface area contributed by atoms with Gasteiger partial charge in [-0.05, 0) is 112 Å². The first kappa shape index (κ1) is 18.5. The highest BCUT2D eigenvalue weighted by Crippen LogP contribution is 2.53. The highest BCUT2D eigenvalue weighted by molar-refractivity contribution is 5.94. The molecule has 2 N–H and O–H groups in total. The predicted octanol–water partition coefficient (Wildman–Crippen LogP) is 4.17. The number of rotatable bonds is 5. The molecule has 5 aliphatic carbocycles. The minimum Gasteiger partial charge on any atom is -0.493 e. The monoisotopic (exact) mass is 383 g/mol. The van der Waals surface area contributed by atoms with Gasteiger partial charge in [-0.1, -0.05) is 0 Å². The smallest absolute Gasteiger partial charge is 0.251 e. The van der Waals surface area contributed by atoms with E-state index in [0.717, 1.165) is 48.8 Å². The molecule has 0 unspecified atom stereocenters. The summed E-state index contributed by atoms with van der Waals surface area (Å²) in [5.74, 6) is 4.71. The molecule has 6 rings (SSSR count). The summed E-state index contributed by atoms with van der Waals surface area (Å²) in [7, 11) is 0. The van der Waals surface area contributed by atoms with Gasteiger partial charge in [0, 0.05) is 11.6 Å². The van der Waals surface area contributed by atoms with Gasteiger partial charge in [0.2, 0.25) is 0 Å². The Balaban J connectivity index is 1.14. The molecule has 4 nitrogen and oxygen atoms in total. The highest BCUT2D eigenvalue weighted by atomic mass is 16.5. The van der Waals surface area contributed by atoms with Crippen molar-refractivity contribution in [2.24, 2.45) is 29.6 Å². The summed E-state index contributed by atoms with van der Waals surface area (Å²) in [4.78, 5) is 12.8. The van der Waals surface area contributed by atoms with Crippen LogP contribution >= 0.6 is 0 Å². The summed E-state index contributed by atoms with van der Waals surface area (Å²) < 4.78 is 5.93. The summed E-state index contributed by atoms with van der Waals surface area (Å²) in [5.41, 5.74) is 0.738. The van der Waals surface area contributed by atoms with Crippen LogP contribution in [0.3, 0.4) is 0 Å². The summed E-state index contributed by atoms with van der Waals surface area (Å²) in [6, 6.07) is 8.02. The van der Waals surface area contributed by atoms with Gasteiger partial charge in [-0.3, -0.25) is 4.79 Å². The minimum atomic E-state index is -0.122. The topological polar surface area (TPSA) is 58.6 Å². The molecule has 5 fully saturated rings. The number of hydrogen-bond donors (Lipinski definition) is 2. The van der Waals surface area contributed by atoms with E-state index in [4.69, 9.17) is 4.74 Å². The fraction of sp³-hybridized carbons (Fsp3) is 0.708. The lowest BCUT2D eigenvalue weighted by Crippen LogP contribution is -2.55. The average Bonchev–Trinajstić information content (AvgIpc) is 2.70. The molecular formula is C24H33NO3. The second kappa shape index (κ2) is 7.70. The summed E-state index contributed by atoms with van der Waals surface area (Å²) in [5, 5.41) is 13.0. The van der Waals surface area contributed by atoms with Crippen LogP contribution in [0.2, 0.25) is 0 Å². The molecule has 5 aliphatic rings. The molecule has 5 saturated carbocycles. The lowest BCUT2D eigenvalue weighted by atomic mass is 9.54. The standard InChI is InChI=1S/C24H33NO3/c26-21-5-1-15(2-6-21)14-28-22-7-3-18(4-8-22)24(27)25-23-19-10-16-9-17(12-19)13-20(23)11-16/h3-4,7-8,15-17,19-21,23,26H,1-2,5-6,9-14H2,(H,25,27). The van der Waals surface area contributed by atoms with Crippen molar-refractivity contribution in [3.05, 3.63) is 29.8 Å². The minimum absolute atomic E-state index is 0.0743. The van der Waals surface area contributed by atoms with E-state index in [0.29, 0.717) is 30.4 Å². The fourth-order valence-corrected chi connectivity index (χ4v) is 6.62. The van der Waals surface area contributed by atoms with Gasteiger partial charge in [-0.25, -0.2) is 0 Å². The third-order valence-electron chi connectivity index (χ3n) is 7.94. The van der Waals surface area contributed by atoms with Gasteiger partial charge >= 0.3 is 0 Å². The fourth-order valence-electron chi connectivity index (χ4n) is 6.62. The van der Waals surface area contributed by atoms with Crippen LogP contribution in [0, 0.1) is 29.6 Å². The van der Waals surface area contributed by atoms with E-state index < -0.39 is 0 Å². The van der Waals surface area contributed by atoms with Crippen molar-refractivity contribution in [1.29, 1.82) is 0 Å². The number of amides is 1. The van der Waals surface area contributed by atoms with E-state index in [1.54, 1.807) is 0 Å². The van der Waals surface area contributed by atoms with Gasteiger partial charge < -0.3 is 15.2 Å². The van der Waals surface area contributed by atoms with Gasteiger partial charge in [0.25, 0.3) is 5.91 Å². The maximum atomic E-state index is 12.8. The lowest BCUT2D eigenvalue weighted by molar-refractivity contribution is -0.0119. The van der Waals surface area contributed by atoms with Gasteiger partial charge in [-0.2, -0.15) is 0 Å². The molecule has 0 aromatic heterocycles. The first-order chi connectivity index (χ1) is 13.6. The Morgan fingerprint density at radius 1 is 0.929 bits per heavy atom. The number of carbonyl (C=O) groups is 1. The quantitative estimate of drug-likeness (QED) is 0.802. The van der Waals surface area contributed by atoms with E-state index in [9.17, 15) is 9.90 Å². The number of ether oxygens (including phenoxy) is 1. The Bertz CT molecular complexity index is 664. The molecule has 4 heteroatoms. The van der Waals surface area contributed by atoms with Crippen LogP contribution in [0.1, 0.15) is 68.1 Å². The second-order valence-corrected chi connectivity index (χ2v) is 9.94. The lowest BCUT2D eigenvalue weighted by Gasteiger charge is -2.54. The Morgan fingerprint density at radius 3 is 2.14 bits per heavy atom. The number of benzene rings is 1. The number of aliphatic hydroxyl groups excluding tert-OH is 1. The zero-order valence-corrected chi connectivity index (χ0v) is 16.7. The van der Waals surface area contributed by atoms with Gasteiger partial charge in [0.1, 0.15) is 5.75 Å². The largest absolute Gasteiger partial charge is 0.493 e. The first-order valence-corrected chi connectivity index (χ1v) is 11.4. The van der Waals surface area contributed by atoms with Crippen molar-refractivity contribution >= 4 is 5.91 Å². The van der Waals surface area contributed by atoms with Crippen LogP contribution in [0.4, 0.5) is 0 Å². The maximum absolute atomic E-state index is 12.8. The highest BCUT2D eigenvalue weighted by Gasteiger charge is 2.48. The van der Waals surface area contributed by atoms with Crippen molar-refractivity contribution in [2.45, 2.75) is 69.9 Å². The van der Waals surface area contributed by atoms with Crippen LogP contribution in [-0.4, -0.2) is 29.8 Å². The molecule has 0 saturated heterocycles. The Labute approximate surface area is 168 Å². The molecule has 4 bridgehead atoms. The molecule has 0 heterocycles. The maximum Gasteiger partial charge on any atom is 0.251 e. The van der Waals surface area contributed by atoms with Gasteiger partial charge in [-0.15, -0.1) is 0 Å². The Morgan fingerprint density at radius 2 is 1.54 bits per heavy atom. The molecule has 0 atom stereocenters. The molecule has 1 aromatic carbocycles. The Kier molecular flexibility index (Phi) is 5.08. The van der Waals surface area contributed by atoms with Crippen LogP contribution in [0.5, 0.6) is 5.75 Å². The predicted molar refractivity (Wildman–Crippen MR) is 108 cm³/mol. The van der Waals surface area contributed by atoms with E-state index in [1.807, 2.05) is 24.3 Å². The average molecular weight is 384 g/mol. The van der Waals surface area contributed by atoms with Gasteiger partial charge in [0.05, 0.1) is 12.7 Å². The third-order valence-corrected chi connectivity index (χ3v) is 7.94. The molecule has 1 amide bonds. The summed E-state index contributed by atoms with van der Waals surface area (Å²) >= 11 is 0. The van der Waals surface area contributed by atoms with Crippen molar-refractivity contribution in [3.8, 4) is 5.75 Å². The molecule has 0 spiro atoms. The molecule has 1 aromatic rings. The van der Waals surface area contributed by atoms with E-state index in [2.05, 4.69) is 5.32 Å². The molecule has 0 aliphatic heterocycles. The van der Waals surface area contributed by atoms with Crippen LogP contribution in [0.15, 0.2) is 24.3 Å². The van der Waals surface area contributed by atoms with E-state index in [1.165, 1.54) is 32.1 Å². The summed E-state index contributed by atoms with van der Waals surface area (Å²) in [6.45, 7) is 0.700. The second-order valence-electron chi connectivity index (χ2n) is 9.94. The number of hydrogen-bond acceptors (Lipinski definition) is 3. The van der Waals surface area contributed by atoms with Crippen molar-refractivity contribution in [2.75, 3.05) is 6.61 Å². The Hall–Kier alpha value is -1.55. The van der Waals surface area contributed by atoms with Crippen LogP contribution < -0.4 is 10.1 Å². The van der Waals surface area contributed by atoms with Crippen LogP contribution in [-0.2, 0) is 0 Å². The van der Waals surface area contributed by atoms with Crippen LogP contribution in [0.25, 0.3) is 0 Å². The number of nitrogens with one attached hydrogen (secondary N) is 1. The zero-order chi connectivity index (χ0) is 19.1. The van der Waals surface area contributed by atoms with Gasteiger partial charge in [0.15, 0.2) is 0 Å². The molecule has 28 heavy (non-hydrogen) atoms. The first-order valence-electron chi connectivity index (χ1n) is 11.4. The number of carbonyl (C=O) groups excluding carboxylic acids is 1. The van der Waals surface area contributed by atoms with Crippen molar-refractivity contribution < 1.29 is 14.6 Å². The molecule has 0 radical (unpaired) electrons. The molecular weight excluding hydrogens is 350 g/mol. The zero-order valence-electron chi connectivity index (χ0n) is 16.7.